The molecule has 1 heterocycles. The summed E-state index contributed by atoms with van der Waals surface area (Å²) in [5.74, 6) is -2.75. The lowest BCUT2D eigenvalue weighted by molar-refractivity contribution is -0.167. The summed E-state index contributed by atoms with van der Waals surface area (Å²) in [5.41, 5.74) is 0.816. The Hall–Kier alpha value is -2.80. The summed E-state index contributed by atoms with van der Waals surface area (Å²) in [6.07, 6.45) is -5.08. The largest absolute Gasteiger partial charge is 0.471 e. The van der Waals surface area contributed by atoms with Gasteiger partial charge in [-0.25, -0.2) is 0 Å². The van der Waals surface area contributed by atoms with Crippen molar-refractivity contribution >= 4 is 40.0 Å². The molecular weight excluding hydrogens is 369 g/mol. The van der Waals surface area contributed by atoms with Crippen LogP contribution < -0.4 is 5.32 Å². The Morgan fingerprint density at radius 2 is 1.77 bits per heavy atom. The fraction of sp³-hybridized carbons (Fsp3) is 0.111. The van der Waals surface area contributed by atoms with Gasteiger partial charge < -0.3 is 5.32 Å². The van der Waals surface area contributed by atoms with Crippen molar-refractivity contribution in [2.24, 2.45) is 0 Å². The van der Waals surface area contributed by atoms with Gasteiger partial charge in [-0.15, -0.1) is 0 Å². The Balaban J connectivity index is 2.10. The van der Waals surface area contributed by atoms with Crippen LogP contribution in [0.3, 0.4) is 0 Å². The van der Waals surface area contributed by atoms with Gasteiger partial charge in [0.05, 0.1) is 16.8 Å². The maximum absolute atomic E-state index is 13.0. The SMILES string of the molecule is Cc1cc2ccccc2n1C(=O)c1ccc(Cl)cc1NC(=O)C(F)(F)F. The highest BCUT2D eigenvalue weighted by Gasteiger charge is 2.39. The predicted molar refractivity (Wildman–Crippen MR) is 92.5 cm³/mol. The number of nitrogens with one attached hydrogen (secondary N) is 1. The summed E-state index contributed by atoms with van der Waals surface area (Å²) in [5, 5.41) is 2.62. The lowest BCUT2D eigenvalue weighted by Gasteiger charge is -2.14. The summed E-state index contributed by atoms with van der Waals surface area (Å²) in [6, 6.07) is 12.7. The number of carbonyl (C=O) groups excluding carboxylic acids is 2. The van der Waals surface area contributed by atoms with Crippen LogP contribution in [0.1, 0.15) is 16.1 Å². The van der Waals surface area contributed by atoms with Crippen LogP contribution in [0.15, 0.2) is 48.5 Å². The summed E-state index contributed by atoms with van der Waals surface area (Å²) in [6.45, 7) is 1.71. The molecule has 0 fully saturated rings. The molecule has 1 N–H and O–H groups in total. The third kappa shape index (κ3) is 3.30. The molecule has 1 aromatic heterocycles. The number of amides is 1. The van der Waals surface area contributed by atoms with Gasteiger partial charge in [0.1, 0.15) is 0 Å². The zero-order chi connectivity index (χ0) is 19.1. The van der Waals surface area contributed by atoms with Gasteiger partial charge in [-0.2, -0.15) is 13.2 Å². The van der Waals surface area contributed by atoms with E-state index in [2.05, 4.69) is 0 Å². The molecular formula is C18H12ClF3N2O2. The van der Waals surface area contributed by atoms with E-state index in [4.69, 9.17) is 11.6 Å². The normalized spacial score (nSPS) is 11.6. The molecule has 0 bridgehead atoms. The number of nitrogens with zero attached hydrogens (tertiary/aromatic N) is 1. The maximum Gasteiger partial charge on any atom is 0.471 e. The first-order valence-electron chi connectivity index (χ1n) is 7.48. The summed E-state index contributed by atoms with van der Waals surface area (Å²) >= 11 is 5.82. The van der Waals surface area contributed by atoms with E-state index >= 15 is 0 Å². The smallest absolute Gasteiger partial charge is 0.317 e. The van der Waals surface area contributed by atoms with Crippen molar-refractivity contribution in [3.63, 3.8) is 0 Å². The van der Waals surface area contributed by atoms with Crippen LogP contribution in [-0.4, -0.2) is 22.6 Å². The molecule has 0 atom stereocenters. The van der Waals surface area contributed by atoms with Gasteiger partial charge in [0, 0.05) is 16.1 Å². The van der Waals surface area contributed by atoms with Crippen molar-refractivity contribution in [1.82, 2.24) is 4.57 Å². The monoisotopic (exact) mass is 380 g/mol. The van der Waals surface area contributed by atoms with E-state index in [1.807, 2.05) is 12.1 Å². The van der Waals surface area contributed by atoms with Crippen LogP contribution in [0, 0.1) is 6.92 Å². The second kappa shape index (κ2) is 6.49. The first kappa shape index (κ1) is 18.0. The second-order valence-electron chi connectivity index (χ2n) is 5.63. The third-order valence-electron chi connectivity index (χ3n) is 3.82. The number of fused-ring (bicyclic) bond motifs is 1. The number of halogens is 4. The molecule has 8 heteroatoms. The number of benzene rings is 2. The zero-order valence-electron chi connectivity index (χ0n) is 13.4. The highest BCUT2D eigenvalue weighted by Crippen LogP contribution is 2.27. The molecule has 4 nitrogen and oxygen atoms in total. The van der Waals surface area contributed by atoms with Crippen molar-refractivity contribution in [3.05, 3.63) is 64.8 Å². The van der Waals surface area contributed by atoms with Crippen LogP contribution in [0.2, 0.25) is 5.02 Å². The van der Waals surface area contributed by atoms with Gasteiger partial charge in [-0.05, 0) is 37.3 Å². The summed E-state index contributed by atoms with van der Waals surface area (Å²) < 4.78 is 39.1. The van der Waals surface area contributed by atoms with E-state index in [9.17, 15) is 22.8 Å². The molecule has 0 unspecified atom stereocenters. The molecule has 1 amide bonds. The molecule has 0 saturated heterocycles. The fourth-order valence-electron chi connectivity index (χ4n) is 2.68. The van der Waals surface area contributed by atoms with Crippen molar-refractivity contribution in [3.8, 4) is 0 Å². The van der Waals surface area contributed by atoms with Crippen LogP contribution in [0.4, 0.5) is 18.9 Å². The van der Waals surface area contributed by atoms with Gasteiger partial charge in [0.25, 0.3) is 5.91 Å². The van der Waals surface area contributed by atoms with Gasteiger partial charge >= 0.3 is 12.1 Å². The average molecular weight is 381 g/mol. The van der Waals surface area contributed by atoms with Crippen molar-refractivity contribution in [2.75, 3.05) is 5.32 Å². The van der Waals surface area contributed by atoms with E-state index in [1.165, 1.54) is 16.7 Å². The minimum Gasteiger partial charge on any atom is -0.317 e. The average Bonchev–Trinajstić information content (AvgIpc) is 2.89. The number of rotatable bonds is 2. The molecule has 0 aliphatic heterocycles. The zero-order valence-corrected chi connectivity index (χ0v) is 14.2. The molecule has 134 valence electrons. The van der Waals surface area contributed by atoms with Crippen molar-refractivity contribution in [1.29, 1.82) is 0 Å². The van der Waals surface area contributed by atoms with Gasteiger partial charge in [-0.3, -0.25) is 14.2 Å². The molecule has 3 rings (SSSR count). The van der Waals surface area contributed by atoms with E-state index in [0.717, 1.165) is 11.5 Å². The number of anilines is 1. The Morgan fingerprint density at radius 1 is 1.08 bits per heavy atom. The molecule has 2 aromatic carbocycles. The van der Waals surface area contributed by atoms with E-state index in [0.29, 0.717) is 11.2 Å². The van der Waals surface area contributed by atoms with Crippen LogP contribution >= 0.6 is 11.6 Å². The Bertz CT molecular complexity index is 1020. The fourth-order valence-corrected chi connectivity index (χ4v) is 2.85. The van der Waals surface area contributed by atoms with Gasteiger partial charge in [0.2, 0.25) is 0 Å². The maximum atomic E-state index is 13.0. The first-order chi connectivity index (χ1) is 12.2. The van der Waals surface area contributed by atoms with Crippen LogP contribution in [0.25, 0.3) is 10.9 Å². The lowest BCUT2D eigenvalue weighted by atomic mass is 10.1. The number of hydrogen-bond donors (Lipinski definition) is 1. The van der Waals surface area contributed by atoms with Crippen LogP contribution in [0.5, 0.6) is 0 Å². The Kier molecular flexibility index (Phi) is 4.50. The molecule has 0 radical (unpaired) electrons. The highest BCUT2D eigenvalue weighted by molar-refractivity contribution is 6.31. The highest BCUT2D eigenvalue weighted by atomic mass is 35.5. The van der Waals surface area contributed by atoms with Crippen LogP contribution in [-0.2, 0) is 4.79 Å². The number of carbonyl (C=O) groups is 2. The van der Waals surface area contributed by atoms with Crippen molar-refractivity contribution in [2.45, 2.75) is 13.1 Å². The standard InChI is InChI=1S/C18H12ClF3N2O2/c1-10-8-11-4-2-3-5-15(11)24(10)16(25)13-7-6-12(19)9-14(13)23-17(26)18(20,21)22/h2-9H,1H3,(H,23,26). The Morgan fingerprint density at radius 3 is 2.46 bits per heavy atom. The minimum atomic E-state index is -5.08. The molecule has 0 aliphatic carbocycles. The molecule has 0 saturated carbocycles. The summed E-state index contributed by atoms with van der Waals surface area (Å²) in [7, 11) is 0. The van der Waals surface area contributed by atoms with E-state index in [1.54, 1.807) is 30.4 Å². The van der Waals surface area contributed by atoms with Gasteiger partial charge in [0.15, 0.2) is 0 Å². The van der Waals surface area contributed by atoms with E-state index < -0.39 is 18.0 Å². The van der Waals surface area contributed by atoms with Crippen molar-refractivity contribution < 1.29 is 22.8 Å². The van der Waals surface area contributed by atoms with Gasteiger partial charge in [-0.1, -0.05) is 29.8 Å². The molecule has 3 aromatic rings. The number of alkyl halides is 3. The first-order valence-corrected chi connectivity index (χ1v) is 7.86. The topological polar surface area (TPSA) is 51.1 Å². The number of hydrogen-bond acceptors (Lipinski definition) is 2. The molecule has 0 spiro atoms. The number of aromatic nitrogens is 1. The predicted octanol–water partition coefficient (Wildman–Crippen LogP) is 4.79. The second-order valence-corrected chi connectivity index (χ2v) is 6.06. The molecule has 26 heavy (non-hydrogen) atoms. The summed E-state index contributed by atoms with van der Waals surface area (Å²) in [4.78, 5) is 24.3. The van der Waals surface area contributed by atoms with E-state index in [-0.39, 0.29) is 16.3 Å². The third-order valence-corrected chi connectivity index (χ3v) is 4.05. The minimum absolute atomic E-state index is 0.0908. The number of para-hydroxylation sites is 1. The lowest BCUT2D eigenvalue weighted by Crippen LogP contribution is -2.31. The Labute approximate surface area is 151 Å². The number of aryl methyl sites for hydroxylation is 1. The molecule has 0 aliphatic rings. The quantitative estimate of drug-likeness (QED) is 0.694.